The molecule has 0 saturated carbocycles. The molecule has 1 amide bonds. The molecule has 92 valence electrons. The van der Waals surface area contributed by atoms with Crippen molar-refractivity contribution in [2.75, 3.05) is 25.4 Å². The monoisotopic (exact) mass is 234 g/mol. The van der Waals surface area contributed by atoms with E-state index in [1.165, 1.54) is 0 Å². The molecule has 1 atom stereocenters. The van der Waals surface area contributed by atoms with Gasteiger partial charge in [0.05, 0.1) is 12.7 Å². The van der Waals surface area contributed by atoms with Crippen molar-refractivity contribution in [3.05, 3.63) is 29.3 Å². The number of carbonyl (C=O) groups is 1. The maximum absolute atomic E-state index is 12.2. The molecule has 1 saturated heterocycles. The van der Waals surface area contributed by atoms with Gasteiger partial charge in [0.2, 0.25) is 0 Å². The molecule has 2 rings (SSSR count). The van der Waals surface area contributed by atoms with E-state index in [-0.39, 0.29) is 12.0 Å². The lowest BCUT2D eigenvalue weighted by Gasteiger charge is -2.31. The molecule has 1 unspecified atom stereocenters. The van der Waals surface area contributed by atoms with Gasteiger partial charge >= 0.3 is 0 Å². The third-order valence-electron chi connectivity index (χ3n) is 3.05. The lowest BCUT2D eigenvalue weighted by atomic mass is 10.1. The largest absolute Gasteiger partial charge is 0.399 e. The Labute approximate surface area is 101 Å². The topological polar surface area (TPSA) is 55.6 Å². The average molecular weight is 234 g/mol. The van der Waals surface area contributed by atoms with Crippen molar-refractivity contribution in [1.82, 2.24) is 4.90 Å². The minimum absolute atomic E-state index is 0.0586. The number of nitrogen functional groups attached to an aromatic ring is 1. The van der Waals surface area contributed by atoms with Gasteiger partial charge in [-0.2, -0.15) is 0 Å². The standard InChI is InChI=1S/C13H18N2O2/c1-9-7-11(3-4-12(9)14)13(16)15-5-6-17-10(2)8-15/h3-4,7,10H,5-6,8,14H2,1-2H3. The molecule has 0 spiro atoms. The second-order valence-electron chi connectivity index (χ2n) is 4.50. The van der Waals surface area contributed by atoms with E-state index in [4.69, 9.17) is 10.5 Å². The van der Waals surface area contributed by atoms with Crippen LogP contribution in [0.1, 0.15) is 22.8 Å². The van der Waals surface area contributed by atoms with Gasteiger partial charge in [0.25, 0.3) is 5.91 Å². The van der Waals surface area contributed by atoms with Crippen LogP contribution in [0.3, 0.4) is 0 Å². The summed E-state index contributed by atoms with van der Waals surface area (Å²) in [6.07, 6.45) is 0.113. The number of ether oxygens (including phenoxy) is 1. The molecule has 0 bridgehead atoms. The molecular weight excluding hydrogens is 216 g/mol. The van der Waals surface area contributed by atoms with Crippen molar-refractivity contribution in [3.63, 3.8) is 0 Å². The highest BCUT2D eigenvalue weighted by molar-refractivity contribution is 5.95. The molecule has 4 heteroatoms. The molecule has 1 aliphatic rings. The van der Waals surface area contributed by atoms with E-state index in [1.807, 2.05) is 24.8 Å². The molecule has 1 fully saturated rings. The summed E-state index contributed by atoms with van der Waals surface area (Å²) in [5.74, 6) is 0.0586. The van der Waals surface area contributed by atoms with Gasteiger partial charge < -0.3 is 15.4 Å². The Morgan fingerprint density at radius 3 is 2.94 bits per heavy atom. The SMILES string of the molecule is Cc1cc(C(=O)N2CCOC(C)C2)ccc1N. The number of amides is 1. The number of hydrogen-bond donors (Lipinski definition) is 1. The molecule has 1 aromatic carbocycles. The number of rotatable bonds is 1. The van der Waals surface area contributed by atoms with Crippen LogP contribution in [0.15, 0.2) is 18.2 Å². The number of benzene rings is 1. The van der Waals surface area contributed by atoms with E-state index >= 15 is 0 Å². The Kier molecular flexibility index (Phi) is 3.33. The third-order valence-corrected chi connectivity index (χ3v) is 3.05. The second kappa shape index (κ2) is 4.75. The van der Waals surface area contributed by atoms with Crippen molar-refractivity contribution in [2.24, 2.45) is 0 Å². The maximum atomic E-state index is 12.2. The number of nitrogens with two attached hydrogens (primary N) is 1. The van der Waals surface area contributed by atoms with Gasteiger partial charge in [0, 0.05) is 24.3 Å². The fraction of sp³-hybridized carbons (Fsp3) is 0.462. The highest BCUT2D eigenvalue weighted by Crippen LogP contribution is 2.16. The van der Waals surface area contributed by atoms with Gasteiger partial charge in [0.1, 0.15) is 0 Å². The first-order chi connectivity index (χ1) is 8.08. The van der Waals surface area contributed by atoms with Crippen LogP contribution in [-0.4, -0.2) is 36.6 Å². The first kappa shape index (κ1) is 11.9. The van der Waals surface area contributed by atoms with Crippen LogP contribution in [0.4, 0.5) is 5.69 Å². The van der Waals surface area contributed by atoms with Crippen LogP contribution in [0.25, 0.3) is 0 Å². The Morgan fingerprint density at radius 1 is 1.53 bits per heavy atom. The first-order valence-electron chi connectivity index (χ1n) is 5.85. The van der Waals surface area contributed by atoms with Gasteiger partial charge in [-0.3, -0.25) is 4.79 Å². The molecule has 4 nitrogen and oxygen atoms in total. The second-order valence-corrected chi connectivity index (χ2v) is 4.50. The molecule has 0 aromatic heterocycles. The van der Waals surface area contributed by atoms with Crippen LogP contribution in [0, 0.1) is 6.92 Å². The van der Waals surface area contributed by atoms with E-state index in [0.29, 0.717) is 25.3 Å². The van der Waals surface area contributed by atoms with E-state index in [9.17, 15) is 4.79 Å². The zero-order valence-corrected chi connectivity index (χ0v) is 10.3. The summed E-state index contributed by atoms with van der Waals surface area (Å²) < 4.78 is 5.42. The lowest BCUT2D eigenvalue weighted by molar-refractivity contribution is -0.0124. The van der Waals surface area contributed by atoms with Gasteiger partial charge in [-0.05, 0) is 37.6 Å². The minimum Gasteiger partial charge on any atom is -0.399 e. The Hall–Kier alpha value is -1.55. The Morgan fingerprint density at radius 2 is 2.29 bits per heavy atom. The van der Waals surface area contributed by atoms with Crippen LogP contribution in [0.5, 0.6) is 0 Å². The first-order valence-corrected chi connectivity index (χ1v) is 5.85. The highest BCUT2D eigenvalue weighted by Gasteiger charge is 2.22. The van der Waals surface area contributed by atoms with Crippen molar-refractivity contribution in [2.45, 2.75) is 20.0 Å². The summed E-state index contributed by atoms with van der Waals surface area (Å²) in [6, 6.07) is 5.41. The van der Waals surface area contributed by atoms with Gasteiger partial charge in [-0.25, -0.2) is 0 Å². The summed E-state index contributed by atoms with van der Waals surface area (Å²) in [7, 11) is 0. The highest BCUT2D eigenvalue weighted by atomic mass is 16.5. The summed E-state index contributed by atoms with van der Waals surface area (Å²) in [5.41, 5.74) is 8.11. The Bertz CT molecular complexity index is 431. The average Bonchev–Trinajstić information content (AvgIpc) is 2.32. The zero-order chi connectivity index (χ0) is 12.4. The van der Waals surface area contributed by atoms with Crippen LogP contribution >= 0.6 is 0 Å². The van der Waals surface area contributed by atoms with Crippen LogP contribution in [0.2, 0.25) is 0 Å². The van der Waals surface area contributed by atoms with Gasteiger partial charge in [-0.1, -0.05) is 0 Å². The smallest absolute Gasteiger partial charge is 0.254 e. The number of aryl methyl sites for hydroxylation is 1. The van der Waals surface area contributed by atoms with E-state index < -0.39 is 0 Å². The number of hydrogen-bond acceptors (Lipinski definition) is 3. The molecule has 1 heterocycles. The van der Waals surface area contributed by atoms with Gasteiger partial charge in [-0.15, -0.1) is 0 Å². The van der Waals surface area contributed by atoms with Crippen LogP contribution < -0.4 is 5.73 Å². The quantitative estimate of drug-likeness (QED) is 0.748. The molecule has 0 aliphatic carbocycles. The fourth-order valence-electron chi connectivity index (χ4n) is 1.99. The predicted molar refractivity (Wildman–Crippen MR) is 66.9 cm³/mol. The summed E-state index contributed by atoms with van der Waals surface area (Å²) in [5, 5.41) is 0. The maximum Gasteiger partial charge on any atom is 0.254 e. The predicted octanol–water partition coefficient (Wildman–Crippen LogP) is 1.44. The number of nitrogens with zero attached hydrogens (tertiary/aromatic N) is 1. The molecule has 17 heavy (non-hydrogen) atoms. The number of morpholine rings is 1. The van der Waals surface area contributed by atoms with Crippen molar-refractivity contribution in [1.29, 1.82) is 0 Å². The van der Waals surface area contributed by atoms with E-state index in [2.05, 4.69) is 0 Å². The lowest BCUT2D eigenvalue weighted by Crippen LogP contribution is -2.44. The molecular formula is C13H18N2O2. The number of anilines is 1. The molecule has 2 N–H and O–H groups in total. The minimum atomic E-state index is 0.0586. The van der Waals surface area contributed by atoms with Gasteiger partial charge in [0.15, 0.2) is 0 Å². The summed E-state index contributed by atoms with van der Waals surface area (Å²) >= 11 is 0. The van der Waals surface area contributed by atoms with Crippen LogP contribution in [-0.2, 0) is 4.74 Å². The van der Waals surface area contributed by atoms with Crippen molar-refractivity contribution < 1.29 is 9.53 Å². The van der Waals surface area contributed by atoms with E-state index in [0.717, 1.165) is 11.3 Å². The zero-order valence-electron chi connectivity index (χ0n) is 10.3. The molecule has 1 aromatic rings. The molecule has 1 aliphatic heterocycles. The fourth-order valence-corrected chi connectivity index (χ4v) is 1.99. The van der Waals surface area contributed by atoms with E-state index in [1.54, 1.807) is 12.1 Å². The Balaban J connectivity index is 2.15. The molecule has 0 radical (unpaired) electrons. The van der Waals surface area contributed by atoms with Crippen molar-refractivity contribution in [3.8, 4) is 0 Å². The summed E-state index contributed by atoms with van der Waals surface area (Å²) in [6.45, 7) is 5.82. The van der Waals surface area contributed by atoms with Crippen molar-refractivity contribution >= 4 is 11.6 Å². The normalized spacial score (nSPS) is 20.4. The number of carbonyl (C=O) groups excluding carboxylic acids is 1. The summed E-state index contributed by atoms with van der Waals surface area (Å²) in [4.78, 5) is 14.1. The third kappa shape index (κ3) is 2.58.